The van der Waals surface area contributed by atoms with Crippen molar-refractivity contribution in [2.75, 3.05) is 0 Å². The molecule has 0 atom stereocenters. The first-order valence-corrected chi connectivity index (χ1v) is 50.7. The third-order valence-electron chi connectivity index (χ3n) is 30.0. The largest absolute Gasteiger partial charge is 0.309 e. The van der Waals surface area contributed by atoms with Gasteiger partial charge in [0, 0.05) is 54.9 Å². The lowest BCUT2D eigenvalue weighted by molar-refractivity contribution is 1.18. The molecule has 0 aliphatic rings. The zero-order chi connectivity index (χ0) is 97.2. The van der Waals surface area contributed by atoms with E-state index in [0.717, 1.165) is 17.1 Å². The molecule has 0 aliphatic heterocycles. The fraction of sp³-hybridized carbons (Fsp3) is 0. The first kappa shape index (κ1) is 86.8. The van der Waals surface area contributed by atoms with Crippen molar-refractivity contribution < 1.29 is 0 Å². The molecule has 0 amide bonds. The van der Waals surface area contributed by atoms with Gasteiger partial charge < -0.3 is 13.7 Å². The van der Waals surface area contributed by atoms with Crippen LogP contribution in [0.25, 0.3) is 270 Å². The van der Waals surface area contributed by atoms with Crippen molar-refractivity contribution in [3.05, 3.63) is 576 Å². The maximum Gasteiger partial charge on any atom is 0.0619 e. The van der Waals surface area contributed by atoms with Gasteiger partial charge in [0.15, 0.2) is 0 Å². The third-order valence-corrected chi connectivity index (χ3v) is 30.0. The number of nitrogens with zero attached hydrogens (tertiary/aromatic N) is 3. The highest BCUT2D eigenvalue weighted by Crippen LogP contribution is 2.52. The van der Waals surface area contributed by atoms with E-state index in [9.17, 15) is 0 Å². The van der Waals surface area contributed by atoms with Gasteiger partial charge in [-0.3, -0.25) is 0 Å². The molecule has 0 bridgehead atoms. The Bertz CT molecular complexity index is 10000. The molecule has 0 radical (unpaired) electrons. The Morgan fingerprint density at radius 3 is 0.592 bits per heavy atom. The van der Waals surface area contributed by atoms with Gasteiger partial charge in [0.25, 0.3) is 0 Å². The quantitative estimate of drug-likeness (QED) is 0.0964. The van der Waals surface area contributed by atoms with Crippen LogP contribution in [0.4, 0.5) is 0 Å². The molecule has 26 aromatic carbocycles. The molecule has 29 rings (SSSR count). The average molecular weight is 1870 g/mol. The van der Waals surface area contributed by atoms with Gasteiger partial charge in [-0.05, 0) is 266 Å². The molecule has 686 valence electrons. The van der Waals surface area contributed by atoms with Crippen molar-refractivity contribution in [2.45, 2.75) is 0 Å². The van der Waals surface area contributed by atoms with E-state index >= 15 is 0 Å². The second-order valence-corrected chi connectivity index (χ2v) is 38.2. The number of aromatic nitrogens is 3. The van der Waals surface area contributed by atoms with Gasteiger partial charge in [-0.1, -0.05) is 491 Å². The molecule has 3 heteroatoms. The fourth-order valence-corrected chi connectivity index (χ4v) is 23.4. The van der Waals surface area contributed by atoms with E-state index in [0.29, 0.717) is 0 Å². The van der Waals surface area contributed by atoms with Gasteiger partial charge >= 0.3 is 0 Å². The lowest BCUT2D eigenvalue weighted by Gasteiger charge is -2.19. The van der Waals surface area contributed by atoms with Crippen LogP contribution in [0.5, 0.6) is 0 Å². The molecule has 0 spiro atoms. The van der Waals surface area contributed by atoms with Gasteiger partial charge in [0.05, 0.1) is 33.1 Å². The SMILES string of the molecule is c1ccc(-c2ccc3c(-c4ccc(-n5c6ccccc6c6ccc(-c7ccccc7)cc65)cc4)c4ccccc4c(-c4ccccc4)c3c2)cc1.c1ccc(-c2ccc3c(-c4ccc(-n5c6ccccc6c6cccc(-c7ccccc7)c65)cc4)c4ccccc4c(-c4ccccc4)c3c2)cc1.c1ccc(-c2ccc3c(-c4ccc(-n5c6ccccc6c6ccccc65)cc4)c4ccccc4c(-c4ccccc4)c3c2)cc1. The van der Waals surface area contributed by atoms with Crippen LogP contribution in [-0.2, 0) is 0 Å². The summed E-state index contributed by atoms with van der Waals surface area (Å²) in [7, 11) is 0. The van der Waals surface area contributed by atoms with Gasteiger partial charge in [0.2, 0.25) is 0 Å². The number of hydrogen-bond donors (Lipinski definition) is 0. The number of fused-ring (bicyclic) bond motifs is 15. The van der Waals surface area contributed by atoms with Crippen LogP contribution in [0.15, 0.2) is 576 Å². The standard InChI is InChI=1S/2C50H33N.C44H29N/c1-4-15-34(16-5-1)38-29-32-44-46(33-38)49(36-19-8-3-9-20-36)43-23-11-10-22-42(43)48(44)37-27-30-39(31-28-37)51-47-26-13-12-21-41(47)45-25-14-24-40(50(45)51)35-17-6-2-7-18-35;1-4-14-34(15-5-1)38-27-31-45-46(32-38)50(36-18-8-3-9-19-36)44-22-11-10-21-43(44)49(45)37-24-28-40(29-25-37)51-47-23-13-12-20-41(47)42-30-26-39(33-48(42)51)35-16-6-2-7-17-35;1-3-13-30(14-4-1)33-25-28-39-40(29-33)44(31-15-5-2-6-16-31)38-20-8-7-19-37(38)43(39)32-23-26-34(27-24-32)45-41-21-11-9-17-35(41)36-18-10-12-22-42(36)45/h2*1-33H;1-29H. The minimum atomic E-state index is 1.15. The molecule has 0 N–H and O–H groups in total. The summed E-state index contributed by atoms with van der Waals surface area (Å²) in [4.78, 5) is 0. The van der Waals surface area contributed by atoms with Crippen LogP contribution in [-0.4, -0.2) is 13.7 Å². The molecule has 0 saturated carbocycles. The van der Waals surface area contributed by atoms with Crippen LogP contribution >= 0.6 is 0 Å². The number of hydrogen-bond acceptors (Lipinski definition) is 0. The first-order chi connectivity index (χ1) is 73.0. The minimum absolute atomic E-state index is 1.15. The summed E-state index contributed by atoms with van der Waals surface area (Å²) in [6.45, 7) is 0. The Morgan fingerprint density at radius 1 is 0.0952 bits per heavy atom. The number of benzene rings is 26. The summed E-state index contributed by atoms with van der Waals surface area (Å²) in [6, 6.07) is 210. The minimum Gasteiger partial charge on any atom is -0.309 e. The summed E-state index contributed by atoms with van der Waals surface area (Å²) >= 11 is 0. The highest BCUT2D eigenvalue weighted by atomic mass is 15.0. The average Bonchev–Trinajstić information content (AvgIpc) is 1.72. The van der Waals surface area contributed by atoms with E-state index in [1.165, 1.54) is 252 Å². The molecule has 3 nitrogen and oxygen atoms in total. The molecular weight excluding hydrogens is 1770 g/mol. The predicted octanol–water partition coefficient (Wildman–Crippen LogP) is 39.6. The monoisotopic (exact) mass is 1870 g/mol. The van der Waals surface area contributed by atoms with E-state index in [-0.39, 0.29) is 0 Å². The van der Waals surface area contributed by atoms with Crippen LogP contribution in [0.2, 0.25) is 0 Å². The molecule has 0 saturated heterocycles. The molecule has 0 aliphatic carbocycles. The lowest BCUT2D eigenvalue weighted by atomic mass is 9.85. The fourth-order valence-electron chi connectivity index (χ4n) is 23.4. The summed E-state index contributed by atoms with van der Waals surface area (Å²) in [6.07, 6.45) is 0. The number of para-hydroxylation sites is 5. The van der Waals surface area contributed by atoms with Gasteiger partial charge in [-0.2, -0.15) is 0 Å². The van der Waals surface area contributed by atoms with E-state index in [1.54, 1.807) is 0 Å². The Kier molecular flexibility index (Phi) is 22.0. The summed E-state index contributed by atoms with van der Waals surface area (Å²) < 4.78 is 7.24. The van der Waals surface area contributed by atoms with Crippen molar-refractivity contribution in [2.24, 2.45) is 0 Å². The number of rotatable bonds is 14. The molecule has 29 aromatic rings. The third kappa shape index (κ3) is 15.4. The van der Waals surface area contributed by atoms with E-state index < -0.39 is 0 Å². The van der Waals surface area contributed by atoms with Gasteiger partial charge in [-0.25, -0.2) is 0 Å². The van der Waals surface area contributed by atoms with Crippen LogP contribution in [0.3, 0.4) is 0 Å². The second-order valence-electron chi connectivity index (χ2n) is 38.2. The van der Waals surface area contributed by atoms with Crippen LogP contribution in [0, 0.1) is 0 Å². The van der Waals surface area contributed by atoms with E-state index in [4.69, 9.17) is 0 Å². The maximum absolute atomic E-state index is 2.44. The van der Waals surface area contributed by atoms with Crippen LogP contribution < -0.4 is 0 Å². The van der Waals surface area contributed by atoms with Crippen molar-refractivity contribution in [1.82, 2.24) is 13.7 Å². The Balaban J connectivity index is 0.000000109. The Hall–Kier alpha value is -19.3. The second kappa shape index (κ2) is 37.3. The molecule has 0 unspecified atom stereocenters. The van der Waals surface area contributed by atoms with Crippen molar-refractivity contribution in [3.8, 4) is 139 Å². The topological polar surface area (TPSA) is 14.8 Å². The summed E-state index contributed by atoms with van der Waals surface area (Å²) in [5.74, 6) is 0. The molecule has 0 fully saturated rings. The van der Waals surface area contributed by atoms with E-state index in [1.807, 2.05) is 0 Å². The van der Waals surface area contributed by atoms with Crippen molar-refractivity contribution in [3.63, 3.8) is 0 Å². The first-order valence-electron chi connectivity index (χ1n) is 50.7. The predicted molar refractivity (Wildman–Crippen MR) is 627 cm³/mol. The zero-order valence-corrected chi connectivity index (χ0v) is 80.7. The normalized spacial score (nSPS) is 11.5. The smallest absolute Gasteiger partial charge is 0.0619 e. The highest BCUT2D eigenvalue weighted by Gasteiger charge is 2.26. The highest BCUT2D eigenvalue weighted by molar-refractivity contribution is 6.26. The lowest BCUT2D eigenvalue weighted by Crippen LogP contribution is -1.96. The Morgan fingerprint density at radius 2 is 0.286 bits per heavy atom. The van der Waals surface area contributed by atoms with Gasteiger partial charge in [-0.15, -0.1) is 0 Å². The molecular formula is C144H95N3. The van der Waals surface area contributed by atoms with Crippen molar-refractivity contribution in [1.29, 1.82) is 0 Å². The molecule has 147 heavy (non-hydrogen) atoms. The van der Waals surface area contributed by atoms with Crippen molar-refractivity contribution >= 4 is 130 Å². The van der Waals surface area contributed by atoms with Crippen LogP contribution in [0.1, 0.15) is 0 Å². The van der Waals surface area contributed by atoms with Gasteiger partial charge in [0.1, 0.15) is 0 Å². The summed E-state index contributed by atoms with van der Waals surface area (Å²) in [5.41, 5.74) is 37.9. The van der Waals surface area contributed by atoms with E-state index in [2.05, 4.69) is 590 Å². The molecule has 3 heterocycles. The zero-order valence-electron chi connectivity index (χ0n) is 80.7. The summed E-state index contributed by atoms with van der Waals surface area (Å²) in [5, 5.41) is 22.7. The molecule has 3 aromatic heterocycles. The Labute approximate surface area is 853 Å². The maximum atomic E-state index is 2.44.